The first-order valence-corrected chi connectivity index (χ1v) is 4.58. The molecule has 0 bridgehead atoms. The van der Waals surface area contributed by atoms with Crippen molar-refractivity contribution in [2.45, 2.75) is 18.4 Å². The molecule has 0 spiro atoms. The molecule has 84 valence electrons. The molecule has 0 aromatic heterocycles. The van der Waals surface area contributed by atoms with Gasteiger partial charge in [0.05, 0.1) is 11.3 Å². The normalized spacial score (nSPS) is 25.7. The van der Waals surface area contributed by atoms with Crippen LogP contribution in [-0.2, 0) is 4.74 Å². The highest BCUT2D eigenvalue weighted by Gasteiger charge is 2.33. The molecule has 1 atom stereocenters. The number of nitro groups is 1. The van der Waals surface area contributed by atoms with Crippen LogP contribution in [0.15, 0.2) is 23.5 Å². The summed E-state index contributed by atoms with van der Waals surface area (Å²) in [6, 6.07) is 0. The maximum atomic E-state index is 10.7. The van der Waals surface area contributed by atoms with Gasteiger partial charge >= 0.3 is 0 Å². The van der Waals surface area contributed by atoms with Crippen LogP contribution in [0, 0.1) is 10.1 Å². The fraction of sp³-hybridized carbons (Fsp3) is 0.556. The Labute approximate surface area is 87.7 Å². The molecule has 1 unspecified atom stereocenters. The van der Waals surface area contributed by atoms with Gasteiger partial charge in [-0.1, -0.05) is 6.08 Å². The van der Waals surface area contributed by atoms with Crippen molar-refractivity contribution in [3.8, 4) is 0 Å². The third kappa shape index (κ3) is 2.77. The topological polar surface area (TPSA) is 104 Å². The molecular weight excluding hydrogens is 198 g/mol. The van der Waals surface area contributed by atoms with Gasteiger partial charge in [0.25, 0.3) is 5.70 Å². The van der Waals surface area contributed by atoms with Gasteiger partial charge in [-0.05, 0) is 12.5 Å². The standard InChI is InChI=1S/C9H15N3O3/c1-15-5-4-9(11)3-2-7(10)8(6-9)12(13)14/h2-3H,4-6,10-11H2,1H3. The van der Waals surface area contributed by atoms with E-state index in [1.165, 1.54) is 6.08 Å². The molecule has 4 N–H and O–H groups in total. The molecule has 0 aliphatic heterocycles. The number of methoxy groups -OCH3 is 1. The average Bonchev–Trinajstić information content (AvgIpc) is 2.19. The van der Waals surface area contributed by atoms with Crippen molar-refractivity contribution in [1.82, 2.24) is 0 Å². The van der Waals surface area contributed by atoms with Crippen molar-refractivity contribution in [1.29, 1.82) is 0 Å². The minimum atomic E-state index is -0.721. The van der Waals surface area contributed by atoms with Crippen LogP contribution in [0.3, 0.4) is 0 Å². The predicted octanol–water partition coefficient (Wildman–Crippen LogP) is 0.127. The van der Waals surface area contributed by atoms with E-state index in [1.54, 1.807) is 13.2 Å². The lowest BCUT2D eigenvalue weighted by Gasteiger charge is -2.27. The largest absolute Gasteiger partial charge is 0.393 e. The van der Waals surface area contributed by atoms with E-state index in [9.17, 15) is 10.1 Å². The van der Waals surface area contributed by atoms with Gasteiger partial charge < -0.3 is 16.2 Å². The Morgan fingerprint density at radius 2 is 2.40 bits per heavy atom. The predicted molar refractivity (Wildman–Crippen MR) is 55.4 cm³/mol. The Balaban J connectivity index is 2.79. The highest BCUT2D eigenvalue weighted by atomic mass is 16.6. The average molecular weight is 213 g/mol. The zero-order valence-corrected chi connectivity index (χ0v) is 8.60. The van der Waals surface area contributed by atoms with Crippen LogP contribution < -0.4 is 11.5 Å². The molecule has 1 aliphatic carbocycles. The van der Waals surface area contributed by atoms with E-state index in [0.717, 1.165) is 0 Å². The number of ether oxygens (including phenoxy) is 1. The third-order valence-corrected chi connectivity index (χ3v) is 2.42. The van der Waals surface area contributed by atoms with Crippen molar-refractivity contribution >= 4 is 0 Å². The first-order valence-electron chi connectivity index (χ1n) is 4.58. The van der Waals surface area contributed by atoms with Gasteiger partial charge in [-0.15, -0.1) is 0 Å². The summed E-state index contributed by atoms with van der Waals surface area (Å²) in [6.07, 6.45) is 3.88. The number of hydrogen-bond donors (Lipinski definition) is 2. The number of nitrogens with zero attached hydrogens (tertiary/aromatic N) is 1. The van der Waals surface area contributed by atoms with Gasteiger partial charge in [0.1, 0.15) is 5.70 Å². The first-order chi connectivity index (χ1) is 6.98. The molecule has 6 nitrogen and oxygen atoms in total. The maximum Gasteiger partial charge on any atom is 0.271 e. The fourth-order valence-electron chi connectivity index (χ4n) is 1.46. The van der Waals surface area contributed by atoms with E-state index in [2.05, 4.69) is 0 Å². The van der Waals surface area contributed by atoms with Crippen molar-refractivity contribution in [3.05, 3.63) is 33.7 Å². The summed E-state index contributed by atoms with van der Waals surface area (Å²) in [5.74, 6) is 0. The van der Waals surface area contributed by atoms with Crippen LogP contribution >= 0.6 is 0 Å². The summed E-state index contributed by atoms with van der Waals surface area (Å²) in [6.45, 7) is 0.464. The van der Waals surface area contributed by atoms with Crippen LogP contribution in [0.5, 0.6) is 0 Å². The molecule has 0 heterocycles. The van der Waals surface area contributed by atoms with E-state index in [-0.39, 0.29) is 17.8 Å². The smallest absolute Gasteiger partial charge is 0.271 e. The second-order valence-electron chi connectivity index (χ2n) is 3.65. The Morgan fingerprint density at radius 1 is 1.73 bits per heavy atom. The second-order valence-corrected chi connectivity index (χ2v) is 3.65. The Morgan fingerprint density at radius 3 is 2.93 bits per heavy atom. The van der Waals surface area contributed by atoms with Gasteiger partial charge in [-0.2, -0.15) is 0 Å². The van der Waals surface area contributed by atoms with Crippen molar-refractivity contribution in [2.75, 3.05) is 13.7 Å². The van der Waals surface area contributed by atoms with Gasteiger partial charge in [0.15, 0.2) is 0 Å². The molecule has 1 rings (SSSR count). The molecule has 6 heteroatoms. The molecule has 1 aliphatic rings. The highest BCUT2D eigenvalue weighted by molar-refractivity contribution is 5.29. The Hall–Kier alpha value is -1.40. The molecule has 0 amide bonds. The zero-order chi connectivity index (χ0) is 11.5. The summed E-state index contributed by atoms with van der Waals surface area (Å²) >= 11 is 0. The molecule has 0 saturated heterocycles. The summed E-state index contributed by atoms with van der Waals surface area (Å²) in [4.78, 5) is 10.2. The molecule has 0 aromatic carbocycles. The lowest BCUT2D eigenvalue weighted by atomic mass is 9.86. The van der Waals surface area contributed by atoms with Crippen molar-refractivity contribution in [2.24, 2.45) is 11.5 Å². The van der Waals surface area contributed by atoms with Gasteiger partial charge in [-0.25, -0.2) is 0 Å². The first kappa shape index (κ1) is 11.7. The van der Waals surface area contributed by atoms with E-state index < -0.39 is 10.5 Å². The summed E-state index contributed by atoms with van der Waals surface area (Å²) in [5.41, 5.74) is 10.9. The van der Waals surface area contributed by atoms with E-state index >= 15 is 0 Å². The minimum absolute atomic E-state index is 0.0175. The van der Waals surface area contributed by atoms with Crippen LogP contribution in [0.2, 0.25) is 0 Å². The highest BCUT2D eigenvalue weighted by Crippen LogP contribution is 2.26. The number of hydrogen-bond acceptors (Lipinski definition) is 5. The van der Waals surface area contributed by atoms with Crippen molar-refractivity contribution < 1.29 is 9.66 Å². The second kappa shape index (κ2) is 4.41. The SMILES string of the molecule is COCCC1(N)C=CC(N)=C([N+](=O)[O-])C1. The Bertz CT molecular complexity index is 325. The lowest BCUT2D eigenvalue weighted by Crippen LogP contribution is -2.42. The van der Waals surface area contributed by atoms with Crippen LogP contribution in [-0.4, -0.2) is 24.2 Å². The molecule has 0 radical (unpaired) electrons. The maximum absolute atomic E-state index is 10.7. The summed E-state index contributed by atoms with van der Waals surface area (Å²) < 4.78 is 4.90. The lowest BCUT2D eigenvalue weighted by molar-refractivity contribution is -0.430. The molecule has 15 heavy (non-hydrogen) atoms. The third-order valence-electron chi connectivity index (χ3n) is 2.42. The van der Waals surface area contributed by atoms with Gasteiger partial charge in [0, 0.05) is 19.3 Å². The van der Waals surface area contributed by atoms with Crippen LogP contribution in [0.1, 0.15) is 12.8 Å². The number of allylic oxidation sites excluding steroid dienone is 1. The number of rotatable bonds is 4. The summed E-state index contributed by atoms with van der Waals surface area (Å²) in [5, 5.41) is 10.7. The molecule has 0 fully saturated rings. The monoisotopic (exact) mass is 213 g/mol. The number of nitrogens with two attached hydrogens (primary N) is 2. The van der Waals surface area contributed by atoms with E-state index in [4.69, 9.17) is 16.2 Å². The minimum Gasteiger partial charge on any atom is -0.393 e. The van der Waals surface area contributed by atoms with Crippen LogP contribution in [0.25, 0.3) is 0 Å². The van der Waals surface area contributed by atoms with E-state index in [0.29, 0.717) is 13.0 Å². The zero-order valence-electron chi connectivity index (χ0n) is 8.60. The Kier molecular flexibility index (Phi) is 3.43. The fourth-order valence-corrected chi connectivity index (χ4v) is 1.46. The van der Waals surface area contributed by atoms with E-state index in [1.807, 2.05) is 0 Å². The van der Waals surface area contributed by atoms with Crippen molar-refractivity contribution in [3.63, 3.8) is 0 Å². The molecule has 0 aromatic rings. The molecular formula is C9H15N3O3. The molecule has 0 saturated carbocycles. The van der Waals surface area contributed by atoms with Gasteiger partial charge in [0.2, 0.25) is 0 Å². The van der Waals surface area contributed by atoms with Crippen LogP contribution in [0.4, 0.5) is 0 Å². The summed E-state index contributed by atoms with van der Waals surface area (Å²) in [7, 11) is 1.56. The quantitative estimate of drug-likeness (QED) is 0.510. The van der Waals surface area contributed by atoms with Gasteiger partial charge in [-0.3, -0.25) is 10.1 Å².